The molecule has 256 valence electrons. The van der Waals surface area contributed by atoms with Crippen molar-refractivity contribution in [1.82, 2.24) is 14.5 Å². The minimum atomic E-state index is -0.486. The normalized spacial score (nSPS) is 13.2. The van der Waals surface area contributed by atoms with Crippen molar-refractivity contribution in [3.8, 4) is 28.2 Å². The number of fused-ring (bicyclic) bond motifs is 10. The molecular formula is C51H31N3O. The smallest absolute Gasteiger partial charge is 0.248 e. The third-order valence-corrected chi connectivity index (χ3v) is 11.7. The lowest BCUT2D eigenvalue weighted by Gasteiger charge is -2.33. The molecule has 0 amide bonds. The van der Waals surface area contributed by atoms with E-state index in [0.29, 0.717) is 5.71 Å². The Bertz CT molecular complexity index is 3280. The van der Waals surface area contributed by atoms with Gasteiger partial charge in [-0.3, -0.25) is 4.57 Å². The van der Waals surface area contributed by atoms with E-state index >= 15 is 0 Å². The van der Waals surface area contributed by atoms with Crippen LogP contribution in [0.1, 0.15) is 22.3 Å². The van der Waals surface area contributed by atoms with Gasteiger partial charge in [0.05, 0.1) is 16.4 Å². The molecule has 0 spiro atoms. The SMILES string of the molecule is c1ccc(C2(c3ccccc3)c3ccccc3-c3cc(-c4nc5c(nc4-n4c6ccccc6c6cc7ccccc7cc64)oc4ccccc45)ccc32)cc1. The second kappa shape index (κ2) is 11.3. The zero-order valence-electron chi connectivity index (χ0n) is 29.6. The lowest BCUT2D eigenvalue weighted by molar-refractivity contribution is 0.652. The highest BCUT2D eigenvalue weighted by Gasteiger charge is 2.46. The highest BCUT2D eigenvalue weighted by Crippen LogP contribution is 2.56. The van der Waals surface area contributed by atoms with Crippen molar-refractivity contribution in [1.29, 1.82) is 0 Å². The predicted octanol–water partition coefficient (Wildman–Crippen LogP) is 12.7. The first-order chi connectivity index (χ1) is 27.3. The quantitative estimate of drug-likeness (QED) is 0.183. The summed E-state index contributed by atoms with van der Waals surface area (Å²) in [6.07, 6.45) is 0. The molecule has 1 aliphatic rings. The first-order valence-electron chi connectivity index (χ1n) is 18.7. The molecule has 3 aromatic heterocycles. The van der Waals surface area contributed by atoms with E-state index < -0.39 is 5.41 Å². The van der Waals surface area contributed by atoms with Crippen LogP contribution in [0.15, 0.2) is 192 Å². The van der Waals surface area contributed by atoms with E-state index in [0.717, 1.165) is 44.6 Å². The number of furan rings is 1. The Hall–Kier alpha value is -7.30. The summed E-state index contributed by atoms with van der Waals surface area (Å²) in [6.45, 7) is 0. The first kappa shape index (κ1) is 30.2. The molecule has 0 saturated carbocycles. The van der Waals surface area contributed by atoms with Crippen LogP contribution in [0.5, 0.6) is 0 Å². The van der Waals surface area contributed by atoms with Crippen molar-refractivity contribution < 1.29 is 4.42 Å². The topological polar surface area (TPSA) is 43.9 Å². The van der Waals surface area contributed by atoms with Crippen molar-refractivity contribution in [3.05, 3.63) is 210 Å². The molecule has 55 heavy (non-hydrogen) atoms. The molecule has 0 fully saturated rings. The molecule has 4 nitrogen and oxygen atoms in total. The van der Waals surface area contributed by atoms with Crippen LogP contribution >= 0.6 is 0 Å². The van der Waals surface area contributed by atoms with Gasteiger partial charge in [0.1, 0.15) is 16.8 Å². The Balaban J connectivity index is 1.19. The molecule has 0 saturated heterocycles. The summed E-state index contributed by atoms with van der Waals surface area (Å²) in [7, 11) is 0. The van der Waals surface area contributed by atoms with E-state index in [1.807, 2.05) is 18.2 Å². The van der Waals surface area contributed by atoms with Gasteiger partial charge in [-0.2, -0.15) is 4.98 Å². The van der Waals surface area contributed by atoms with E-state index in [2.05, 4.69) is 174 Å². The van der Waals surface area contributed by atoms with Crippen LogP contribution in [0, 0.1) is 0 Å². The Morgan fingerprint density at radius 3 is 1.89 bits per heavy atom. The van der Waals surface area contributed by atoms with Gasteiger partial charge in [0.15, 0.2) is 5.82 Å². The molecule has 0 bridgehead atoms. The zero-order valence-corrected chi connectivity index (χ0v) is 29.6. The highest BCUT2D eigenvalue weighted by atomic mass is 16.3. The van der Waals surface area contributed by atoms with E-state index in [1.165, 1.54) is 54.9 Å². The number of nitrogens with zero attached hydrogens (tertiary/aromatic N) is 3. The van der Waals surface area contributed by atoms with Gasteiger partial charge in [-0.05, 0) is 80.6 Å². The lowest BCUT2D eigenvalue weighted by atomic mass is 9.67. The van der Waals surface area contributed by atoms with Crippen LogP contribution in [0.25, 0.3) is 83.0 Å². The molecule has 0 N–H and O–H groups in total. The third kappa shape index (κ3) is 4.16. The molecule has 1 aliphatic carbocycles. The molecule has 8 aromatic carbocycles. The largest absolute Gasteiger partial charge is 0.436 e. The summed E-state index contributed by atoms with van der Waals surface area (Å²) in [4.78, 5) is 10.9. The van der Waals surface area contributed by atoms with Crippen LogP contribution in [-0.4, -0.2) is 14.5 Å². The Labute approximate surface area is 316 Å². The summed E-state index contributed by atoms with van der Waals surface area (Å²) < 4.78 is 8.72. The fourth-order valence-electron chi connectivity index (χ4n) is 9.34. The average Bonchev–Trinajstić information content (AvgIpc) is 3.88. The lowest BCUT2D eigenvalue weighted by Crippen LogP contribution is -2.28. The summed E-state index contributed by atoms with van der Waals surface area (Å²) >= 11 is 0. The van der Waals surface area contributed by atoms with Gasteiger partial charge < -0.3 is 4.42 Å². The minimum Gasteiger partial charge on any atom is -0.436 e. The summed E-state index contributed by atoms with van der Waals surface area (Å²) in [5, 5.41) is 5.66. The molecule has 3 heterocycles. The van der Waals surface area contributed by atoms with Crippen LogP contribution in [0.3, 0.4) is 0 Å². The number of aromatic nitrogens is 3. The number of hydrogen-bond donors (Lipinski definition) is 0. The summed E-state index contributed by atoms with van der Waals surface area (Å²) in [5.41, 5.74) is 12.9. The maximum absolute atomic E-state index is 6.44. The zero-order chi connectivity index (χ0) is 36.1. The van der Waals surface area contributed by atoms with Crippen LogP contribution in [-0.2, 0) is 5.41 Å². The van der Waals surface area contributed by atoms with E-state index in [9.17, 15) is 0 Å². The van der Waals surface area contributed by atoms with E-state index in [4.69, 9.17) is 14.4 Å². The highest BCUT2D eigenvalue weighted by molar-refractivity contribution is 6.14. The Morgan fingerprint density at radius 2 is 1.09 bits per heavy atom. The van der Waals surface area contributed by atoms with E-state index in [1.54, 1.807) is 0 Å². The van der Waals surface area contributed by atoms with Gasteiger partial charge in [-0.25, -0.2) is 4.98 Å². The molecule has 0 radical (unpaired) electrons. The number of benzene rings is 8. The van der Waals surface area contributed by atoms with Crippen molar-refractivity contribution in [2.45, 2.75) is 5.41 Å². The Morgan fingerprint density at radius 1 is 0.455 bits per heavy atom. The van der Waals surface area contributed by atoms with Crippen molar-refractivity contribution in [2.24, 2.45) is 0 Å². The van der Waals surface area contributed by atoms with Gasteiger partial charge >= 0.3 is 0 Å². The predicted molar refractivity (Wildman–Crippen MR) is 224 cm³/mol. The van der Waals surface area contributed by atoms with Crippen molar-refractivity contribution in [2.75, 3.05) is 0 Å². The minimum absolute atomic E-state index is 0.486. The van der Waals surface area contributed by atoms with Gasteiger partial charge in [-0.15, -0.1) is 0 Å². The van der Waals surface area contributed by atoms with Crippen molar-refractivity contribution in [3.63, 3.8) is 0 Å². The molecule has 0 unspecified atom stereocenters. The standard InChI is InChI=1S/C51H31N3O/c1-3-17-35(18-4-1)51(36-19-5-2-6-20-36)42-24-12-9-21-37(42)40-30-34(27-28-43(40)51)47-49(53-50-48(52-47)39-23-11-14-26-46(39)55-50)54-44-25-13-10-22-38(44)41-29-32-15-7-8-16-33(32)31-45(41)54/h1-31H. The molecule has 0 atom stereocenters. The maximum atomic E-state index is 6.44. The molecular weight excluding hydrogens is 671 g/mol. The average molecular weight is 702 g/mol. The molecule has 12 rings (SSSR count). The number of para-hydroxylation sites is 2. The molecule has 11 aromatic rings. The van der Waals surface area contributed by atoms with Gasteiger partial charge in [0.25, 0.3) is 0 Å². The maximum Gasteiger partial charge on any atom is 0.248 e. The van der Waals surface area contributed by atoms with Crippen LogP contribution in [0.4, 0.5) is 0 Å². The monoisotopic (exact) mass is 701 g/mol. The number of rotatable bonds is 4. The van der Waals surface area contributed by atoms with Gasteiger partial charge in [0.2, 0.25) is 5.71 Å². The fourth-order valence-corrected chi connectivity index (χ4v) is 9.34. The molecule has 0 aliphatic heterocycles. The van der Waals surface area contributed by atoms with Gasteiger partial charge in [0, 0.05) is 21.7 Å². The Kier molecular flexibility index (Phi) is 6.23. The van der Waals surface area contributed by atoms with Crippen LogP contribution in [0.2, 0.25) is 0 Å². The second-order valence-electron chi connectivity index (χ2n) is 14.5. The first-order valence-corrected chi connectivity index (χ1v) is 18.7. The fraction of sp³-hybridized carbons (Fsp3) is 0.0196. The summed E-state index contributed by atoms with van der Waals surface area (Å²) in [6, 6.07) is 67.5. The van der Waals surface area contributed by atoms with Crippen LogP contribution < -0.4 is 0 Å². The molecule has 4 heteroatoms. The van der Waals surface area contributed by atoms with Crippen molar-refractivity contribution >= 4 is 54.8 Å². The third-order valence-electron chi connectivity index (χ3n) is 11.7. The van der Waals surface area contributed by atoms with E-state index in [-0.39, 0.29) is 0 Å². The van der Waals surface area contributed by atoms with Gasteiger partial charge in [-0.1, -0.05) is 152 Å². The summed E-state index contributed by atoms with van der Waals surface area (Å²) in [5.74, 6) is 0.733. The second-order valence-corrected chi connectivity index (χ2v) is 14.5. The number of hydrogen-bond acceptors (Lipinski definition) is 3.